The van der Waals surface area contributed by atoms with Crippen LogP contribution >= 0.6 is 15.6 Å². The molecule has 5 atom stereocenters. The van der Waals surface area contributed by atoms with Gasteiger partial charge in [0.25, 0.3) is 0 Å². The van der Waals surface area contributed by atoms with Gasteiger partial charge in [-0.2, -0.15) is 0 Å². The molecule has 4 N–H and O–H groups in total. The predicted octanol–water partition coefficient (Wildman–Crippen LogP) is 21.3. The first kappa shape index (κ1) is 90.2. The summed E-state index contributed by atoms with van der Waals surface area (Å²) in [6.45, 7) is 2.67. The van der Waals surface area contributed by atoms with Crippen LogP contribution in [0.25, 0.3) is 0 Å². The van der Waals surface area contributed by atoms with Crippen LogP contribution in [0, 0.1) is 0 Å². The number of esters is 3. The summed E-state index contributed by atoms with van der Waals surface area (Å²) in [6.07, 6.45) is 72.8. The maximum atomic E-state index is 12.9. The first-order chi connectivity index (χ1) is 45.2. The Morgan fingerprint density at radius 2 is 0.538 bits per heavy atom. The lowest BCUT2D eigenvalue weighted by Gasteiger charge is -2.21. The van der Waals surface area contributed by atoms with Crippen LogP contribution < -0.4 is 0 Å². The van der Waals surface area contributed by atoms with E-state index in [0.29, 0.717) is 19.3 Å². The second kappa shape index (κ2) is 69.2. The van der Waals surface area contributed by atoms with Gasteiger partial charge in [-0.1, -0.05) is 293 Å². The number of carbonyl (C=O) groups is 3. The van der Waals surface area contributed by atoms with E-state index in [1.54, 1.807) is 0 Å². The molecule has 93 heavy (non-hydrogen) atoms. The molecule has 0 saturated heterocycles. The number of aliphatic hydroxyl groups is 2. The van der Waals surface area contributed by atoms with Crippen LogP contribution in [0.1, 0.15) is 342 Å². The molecule has 0 saturated carbocycles. The zero-order valence-corrected chi connectivity index (χ0v) is 61.0. The van der Waals surface area contributed by atoms with Gasteiger partial charge in [-0.15, -0.1) is 0 Å². The van der Waals surface area contributed by atoms with E-state index >= 15 is 0 Å². The van der Waals surface area contributed by atoms with Crippen molar-refractivity contribution in [3.05, 3.63) is 60.8 Å². The summed E-state index contributed by atoms with van der Waals surface area (Å²) in [5, 5.41) is 20.6. The summed E-state index contributed by atoms with van der Waals surface area (Å²) in [7, 11) is -9.76. The highest BCUT2D eigenvalue weighted by Crippen LogP contribution is 2.45. The molecule has 0 aromatic carbocycles. The lowest BCUT2D eigenvalue weighted by molar-refractivity contribution is -0.161. The molecule has 0 bridgehead atoms. The number of carbonyl (C=O) groups excluding carboxylic acids is 3. The molecular formula is C75H138O16P2. The van der Waals surface area contributed by atoms with Crippen molar-refractivity contribution >= 4 is 33.6 Å². The van der Waals surface area contributed by atoms with Crippen LogP contribution in [0.3, 0.4) is 0 Å². The van der Waals surface area contributed by atoms with Gasteiger partial charge in [0.1, 0.15) is 25.4 Å². The molecule has 0 rings (SSSR count). The molecule has 544 valence electrons. The highest BCUT2D eigenvalue weighted by Gasteiger charge is 2.29. The van der Waals surface area contributed by atoms with Crippen molar-refractivity contribution in [1.29, 1.82) is 0 Å². The quantitative estimate of drug-likeness (QED) is 0.0146. The summed E-state index contributed by atoms with van der Waals surface area (Å²) in [5.74, 6) is -1.57. The Hall–Kier alpha value is -2.75. The van der Waals surface area contributed by atoms with E-state index < -0.39 is 91.5 Å². The fourth-order valence-corrected chi connectivity index (χ4v) is 12.0. The van der Waals surface area contributed by atoms with E-state index in [9.17, 15) is 43.5 Å². The van der Waals surface area contributed by atoms with E-state index in [-0.39, 0.29) is 19.3 Å². The van der Waals surface area contributed by atoms with Crippen molar-refractivity contribution in [2.45, 2.75) is 360 Å². The predicted molar refractivity (Wildman–Crippen MR) is 381 cm³/mol. The van der Waals surface area contributed by atoms with E-state index in [1.165, 1.54) is 180 Å². The molecule has 0 spiro atoms. The molecule has 5 unspecified atom stereocenters. The van der Waals surface area contributed by atoms with E-state index in [0.717, 1.165) is 103 Å². The Morgan fingerprint density at radius 3 is 0.892 bits per heavy atom. The molecule has 0 aromatic rings. The Balaban J connectivity index is 4.42. The minimum Gasteiger partial charge on any atom is -0.463 e. The number of unbranched alkanes of at least 4 members (excludes halogenated alkanes) is 39. The minimum absolute atomic E-state index is 0.1000. The number of allylic oxidation sites excluding steroid dienone is 10. The molecule has 0 heterocycles. The van der Waals surface area contributed by atoms with Crippen molar-refractivity contribution in [3.8, 4) is 0 Å². The SMILES string of the molecule is CCCCC/C=C\C/C=C\C/C=C\C/C=C\CCCCCCCCCCCCCCCC(=O)OCC(O)COP(=O)(O)OCC(O)COP(=O)(O)OCC(COC(=O)CCCCCCCCCCCCCCCCC)OC(=O)CCCCCCC/C=C\CCCCCC. The zero-order chi connectivity index (χ0) is 68.1. The van der Waals surface area contributed by atoms with Gasteiger partial charge in [-0.25, -0.2) is 9.13 Å². The van der Waals surface area contributed by atoms with Crippen LogP contribution in [-0.4, -0.2) is 95.9 Å². The third kappa shape index (κ3) is 70.4. The van der Waals surface area contributed by atoms with Gasteiger partial charge >= 0.3 is 33.6 Å². The molecule has 0 aromatic heterocycles. The highest BCUT2D eigenvalue weighted by atomic mass is 31.2. The van der Waals surface area contributed by atoms with Crippen molar-refractivity contribution in [3.63, 3.8) is 0 Å². The first-order valence-electron chi connectivity index (χ1n) is 37.6. The summed E-state index contributed by atoms with van der Waals surface area (Å²) in [5.41, 5.74) is 0. The molecule has 16 nitrogen and oxygen atoms in total. The lowest BCUT2D eigenvalue weighted by atomic mass is 10.0. The Kier molecular flexibility index (Phi) is 67.1. The maximum Gasteiger partial charge on any atom is 0.472 e. The molecule has 0 fully saturated rings. The third-order valence-corrected chi connectivity index (χ3v) is 18.1. The smallest absolute Gasteiger partial charge is 0.463 e. The summed E-state index contributed by atoms with van der Waals surface area (Å²) in [6, 6.07) is 0. The van der Waals surface area contributed by atoms with Crippen LogP contribution in [0.15, 0.2) is 60.8 Å². The number of rotatable bonds is 72. The van der Waals surface area contributed by atoms with Gasteiger partial charge < -0.3 is 34.2 Å². The van der Waals surface area contributed by atoms with Gasteiger partial charge in [0, 0.05) is 19.3 Å². The largest absolute Gasteiger partial charge is 0.472 e. The van der Waals surface area contributed by atoms with Gasteiger partial charge in [0.2, 0.25) is 0 Å². The number of hydrogen-bond donors (Lipinski definition) is 4. The topological polar surface area (TPSA) is 231 Å². The molecule has 18 heteroatoms. The molecule has 0 aliphatic carbocycles. The highest BCUT2D eigenvalue weighted by molar-refractivity contribution is 7.47. The van der Waals surface area contributed by atoms with Crippen LogP contribution in [0.2, 0.25) is 0 Å². The van der Waals surface area contributed by atoms with Crippen molar-refractivity contribution in [1.82, 2.24) is 0 Å². The van der Waals surface area contributed by atoms with Crippen molar-refractivity contribution in [2.24, 2.45) is 0 Å². The van der Waals surface area contributed by atoms with E-state index in [2.05, 4.69) is 81.5 Å². The first-order valence-corrected chi connectivity index (χ1v) is 40.6. The lowest BCUT2D eigenvalue weighted by Crippen LogP contribution is -2.30. The standard InChI is InChI=1S/C75H138O16P2/c1-4-7-10-13-16-19-22-25-27-28-29-30-31-32-33-34-35-36-37-38-39-40-42-45-46-49-52-55-58-61-73(78)85-64-70(76)65-87-92(81,82)88-66-71(77)67-89-93(83,84)90-69-72(91-75(80)63-60-57-54-51-48-43-24-21-18-15-12-9-6-3)68-86-74(79)62-59-56-53-50-47-44-41-26-23-20-17-14-11-8-5-2/h16,19,21,24-25,27,29-30,32-33,70-72,76-77H,4-15,17-18,20,22-23,26,28,31,34-69H2,1-3H3,(H,81,82)(H,83,84)/b19-16-,24-21-,27-25-,30-29-,33-32-. The number of phosphoric acid groups is 2. The van der Waals surface area contributed by atoms with Crippen molar-refractivity contribution < 1.29 is 75.8 Å². The summed E-state index contributed by atoms with van der Waals surface area (Å²) in [4.78, 5) is 58.4. The molecule has 0 radical (unpaired) electrons. The van der Waals surface area contributed by atoms with E-state index in [4.69, 9.17) is 32.3 Å². The minimum atomic E-state index is -4.92. The number of aliphatic hydroxyl groups excluding tert-OH is 2. The van der Waals surface area contributed by atoms with Crippen LogP contribution in [0.5, 0.6) is 0 Å². The van der Waals surface area contributed by atoms with Crippen molar-refractivity contribution in [2.75, 3.05) is 39.6 Å². The monoisotopic (exact) mass is 1360 g/mol. The normalized spacial score (nSPS) is 14.4. The molecule has 0 aliphatic rings. The zero-order valence-electron chi connectivity index (χ0n) is 59.2. The molecule has 0 aliphatic heterocycles. The Labute approximate surface area is 567 Å². The summed E-state index contributed by atoms with van der Waals surface area (Å²) < 4.78 is 61.0. The fraction of sp³-hybridized carbons (Fsp3) is 0.827. The number of phosphoric ester groups is 2. The molecular weight excluding hydrogens is 1220 g/mol. The van der Waals surface area contributed by atoms with Crippen LogP contribution in [0.4, 0.5) is 0 Å². The second-order valence-corrected chi connectivity index (χ2v) is 28.4. The second-order valence-electron chi connectivity index (χ2n) is 25.5. The Bertz CT molecular complexity index is 1940. The fourth-order valence-electron chi connectivity index (χ4n) is 10.4. The average Bonchev–Trinajstić information content (AvgIpc) is 2.91. The van der Waals surface area contributed by atoms with Crippen LogP contribution in [-0.2, 0) is 55.8 Å². The van der Waals surface area contributed by atoms with Gasteiger partial charge in [0.05, 0.1) is 26.4 Å². The Morgan fingerprint density at radius 1 is 0.301 bits per heavy atom. The average molecular weight is 1360 g/mol. The number of ether oxygens (including phenoxy) is 3. The number of hydrogen-bond acceptors (Lipinski definition) is 14. The summed E-state index contributed by atoms with van der Waals surface area (Å²) >= 11 is 0. The van der Waals surface area contributed by atoms with Gasteiger partial charge in [-0.3, -0.25) is 32.5 Å². The van der Waals surface area contributed by atoms with E-state index in [1.807, 2.05) is 0 Å². The third-order valence-electron chi connectivity index (χ3n) is 16.2. The molecule has 0 amide bonds. The van der Waals surface area contributed by atoms with Gasteiger partial charge in [-0.05, 0) is 89.9 Å². The van der Waals surface area contributed by atoms with Gasteiger partial charge in [0.15, 0.2) is 6.10 Å². The maximum absolute atomic E-state index is 12.9.